The summed E-state index contributed by atoms with van der Waals surface area (Å²) in [6, 6.07) is 4.16. The zero-order chi connectivity index (χ0) is 14.5. The fourth-order valence-electron chi connectivity index (χ4n) is 1.97. The highest BCUT2D eigenvalue weighted by Crippen LogP contribution is 2.22. The maximum atomic E-state index is 13.1. The van der Waals surface area contributed by atoms with Crippen LogP contribution in [0.4, 0.5) is 8.78 Å². The van der Waals surface area contributed by atoms with Crippen molar-refractivity contribution in [2.24, 2.45) is 11.3 Å². The zero-order valence-corrected chi connectivity index (χ0v) is 12.4. The van der Waals surface area contributed by atoms with E-state index in [0.29, 0.717) is 5.92 Å². The zero-order valence-electron chi connectivity index (χ0n) is 12.4. The van der Waals surface area contributed by atoms with E-state index in [1.165, 1.54) is 12.1 Å². The number of hydrogen-bond acceptors (Lipinski definition) is 1. The van der Waals surface area contributed by atoms with Gasteiger partial charge >= 0.3 is 0 Å². The molecule has 1 N–H and O–H groups in total. The molecular weight excluding hydrogens is 244 g/mol. The molecule has 0 amide bonds. The summed E-state index contributed by atoms with van der Waals surface area (Å²) in [5, 5.41) is 3.45. The Labute approximate surface area is 115 Å². The third-order valence-corrected chi connectivity index (χ3v) is 3.23. The molecule has 1 aromatic carbocycles. The van der Waals surface area contributed by atoms with E-state index in [1.807, 2.05) is 0 Å². The molecule has 1 nitrogen and oxygen atoms in total. The normalized spacial score (nSPS) is 12.2. The van der Waals surface area contributed by atoms with Crippen LogP contribution in [0.2, 0.25) is 0 Å². The topological polar surface area (TPSA) is 12.0 Å². The van der Waals surface area contributed by atoms with Gasteiger partial charge in [-0.25, -0.2) is 8.78 Å². The van der Waals surface area contributed by atoms with E-state index in [1.54, 1.807) is 6.07 Å². The van der Waals surface area contributed by atoms with Crippen molar-refractivity contribution in [2.75, 3.05) is 13.1 Å². The van der Waals surface area contributed by atoms with Gasteiger partial charge in [-0.2, -0.15) is 0 Å². The molecule has 1 aromatic rings. The van der Waals surface area contributed by atoms with Gasteiger partial charge < -0.3 is 5.32 Å². The molecule has 0 aromatic heterocycles. The third-order valence-electron chi connectivity index (χ3n) is 3.23. The minimum Gasteiger partial charge on any atom is -0.316 e. The van der Waals surface area contributed by atoms with E-state index >= 15 is 0 Å². The van der Waals surface area contributed by atoms with Crippen LogP contribution in [0.1, 0.15) is 39.7 Å². The Hall–Kier alpha value is -0.960. The first kappa shape index (κ1) is 16.1. The minimum atomic E-state index is -0.776. The molecule has 0 atom stereocenters. The molecule has 0 heterocycles. The van der Waals surface area contributed by atoms with Crippen LogP contribution in [-0.4, -0.2) is 13.1 Å². The first-order valence-corrected chi connectivity index (χ1v) is 6.95. The van der Waals surface area contributed by atoms with Crippen LogP contribution in [0.15, 0.2) is 18.2 Å². The summed E-state index contributed by atoms with van der Waals surface area (Å²) in [5.74, 6) is -0.892. The van der Waals surface area contributed by atoms with Gasteiger partial charge in [0.2, 0.25) is 0 Å². The van der Waals surface area contributed by atoms with E-state index in [9.17, 15) is 8.78 Å². The molecule has 108 valence electrons. The fraction of sp³-hybridized carbons (Fsp3) is 0.625. The highest BCUT2D eigenvalue weighted by atomic mass is 19.2. The van der Waals surface area contributed by atoms with Crippen LogP contribution in [0, 0.1) is 23.0 Å². The average molecular weight is 269 g/mol. The van der Waals surface area contributed by atoms with Crippen LogP contribution in [0.5, 0.6) is 0 Å². The predicted octanol–water partition coefficient (Wildman–Crippen LogP) is 4.17. The van der Waals surface area contributed by atoms with Crippen molar-refractivity contribution in [3.8, 4) is 0 Å². The highest BCUT2D eigenvalue weighted by Gasteiger charge is 2.17. The number of benzene rings is 1. The third kappa shape index (κ3) is 6.15. The molecule has 0 unspecified atom stereocenters. The van der Waals surface area contributed by atoms with E-state index in [-0.39, 0.29) is 5.41 Å². The van der Waals surface area contributed by atoms with Gasteiger partial charge in [0.25, 0.3) is 0 Å². The minimum absolute atomic E-state index is 0.153. The van der Waals surface area contributed by atoms with Crippen molar-refractivity contribution < 1.29 is 8.78 Å². The molecule has 0 saturated heterocycles. The van der Waals surface area contributed by atoms with Gasteiger partial charge in [0, 0.05) is 6.54 Å². The number of nitrogens with one attached hydrogen (secondary N) is 1. The molecule has 0 aliphatic carbocycles. The van der Waals surface area contributed by atoms with Crippen molar-refractivity contribution in [1.29, 1.82) is 0 Å². The molecular formula is C16H25F2N. The molecule has 3 heteroatoms. The summed E-state index contributed by atoms with van der Waals surface area (Å²) in [5.41, 5.74) is 1.01. The van der Waals surface area contributed by atoms with Crippen molar-refractivity contribution in [1.82, 2.24) is 5.32 Å². The van der Waals surface area contributed by atoms with Crippen LogP contribution >= 0.6 is 0 Å². The molecule has 0 radical (unpaired) electrons. The molecule has 1 rings (SSSR count). The Morgan fingerprint density at radius 1 is 1.16 bits per heavy atom. The molecule has 0 aliphatic heterocycles. The monoisotopic (exact) mass is 269 g/mol. The van der Waals surface area contributed by atoms with E-state index < -0.39 is 11.6 Å². The van der Waals surface area contributed by atoms with E-state index in [0.717, 1.165) is 31.5 Å². The first-order chi connectivity index (χ1) is 8.80. The molecule has 19 heavy (non-hydrogen) atoms. The Morgan fingerprint density at radius 2 is 1.84 bits per heavy atom. The summed E-state index contributed by atoms with van der Waals surface area (Å²) in [4.78, 5) is 0. The quantitative estimate of drug-likeness (QED) is 0.783. The van der Waals surface area contributed by atoms with Crippen molar-refractivity contribution in [2.45, 2.75) is 40.5 Å². The van der Waals surface area contributed by atoms with Gasteiger partial charge in [0.1, 0.15) is 0 Å². The lowest BCUT2D eigenvalue weighted by Gasteiger charge is -2.25. The number of aryl methyl sites for hydroxylation is 1. The molecule has 0 saturated carbocycles. The summed E-state index contributed by atoms with van der Waals surface area (Å²) < 4.78 is 25.9. The second-order valence-electron chi connectivity index (χ2n) is 6.44. The van der Waals surface area contributed by atoms with Crippen LogP contribution in [-0.2, 0) is 6.42 Å². The fourth-order valence-corrected chi connectivity index (χ4v) is 1.97. The van der Waals surface area contributed by atoms with Crippen molar-refractivity contribution in [3.05, 3.63) is 35.4 Å². The Bertz CT molecular complexity index is 400. The Kier molecular flexibility index (Phi) is 5.92. The second kappa shape index (κ2) is 6.99. The largest absolute Gasteiger partial charge is 0.316 e. The standard InChI is InChI=1S/C16H25F2N/c1-12(2)10-19-11-16(3,4)8-7-13-5-6-14(17)15(18)9-13/h5-6,9,12,19H,7-8,10-11H2,1-4H3. The Morgan fingerprint density at radius 3 is 2.42 bits per heavy atom. The molecule has 0 bridgehead atoms. The van der Waals surface area contributed by atoms with Gasteiger partial charge in [-0.3, -0.25) is 0 Å². The van der Waals surface area contributed by atoms with Crippen LogP contribution in [0.3, 0.4) is 0 Å². The van der Waals surface area contributed by atoms with Gasteiger partial charge in [0.15, 0.2) is 11.6 Å². The lowest BCUT2D eigenvalue weighted by Crippen LogP contribution is -2.32. The SMILES string of the molecule is CC(C)CNCC(C)(C)CCc1ccc(F)c(F)c1. The molecule has 0 spiro atoms. The van der Waals surface area contributed by atoms with E-state index in [2.05, 4.69) is 33.0 Å². The summed E-state index contributed by atoms with van der Waals surface area (Å²) in [6.07, 6.45) is 1.72. The van der Waals surface area contributed by atoms with Crippen molar-refractivity contribution in [3.63, 3.8) is 0 Å². The Balaban J connectivity index is 2.43. The lowest BCUT2D eigenvalue weighted by atomic mass is 9.86. The highest BCUT2D eigenvalue weighted by molar-refractivity contribution is 5.18. The summed E-state index contributed by atoms with van der Waals surface area (Å²) in [7, 11) is 0. The first-order valence-electron chi connectivity index (χ1n) is 6.95. The number of rotatable bonds is 7. The second-order valence-corrected chi connectivity index (χ2v) is 6.44. The molecule has 0 aliphatic rings. The van der Waals surface area contributed by atoms with Crippen molar-refractivity contribution >= 4 is 0 Å². The summed E-state index contributed by atoms with van der Waals surface area (Å²) in [6.45, 7) is 10.7. The lowest BCUT2D eigenvalue weighted by molar-refractivity contribution is 0.308. The van der Waals surface area contributed by atoms with Crippen LogP contribution < -0.4 is 5.32 Å². The smallest absolute Gasteiger partial charge is 0.159 e. The maximum Gasteiger partial charge on any atom is 0.159 e. The summed E-state index contributed by atoms with van der Waals surface area (Å²) >= 11 is 0. The van der Waals surface area contributed by atoms with Gasteiger partial charge in [-0.15, -0.1) is 0 Å². The van der Waals surface area contributed by atoms with Gasteiger partial charge in [0.05, 0.1) is 0 Å². The van der Waals surface area contributed by atoms with E-state index in [4.69, 9.17) is 0 Å². The van der Waals surface area contributed by atoms with Gasteiger partial charge in [-0.1, -0.05) is 33.8 Å². The average Bonchev–Trinajstić information content (AvgIpc) is 2.30. The van der Waals surface area contributed by atoms with Crippen LogP contribution in [0.25, 0.3) is 0 Å². The number of halogens is 2. The molecule has 0 fully saturated rings. The maximum absolute atomic E-state index is 13.1. The predicted molar refractivity (Wildman–Crippen MR) is 76.2 cm³/mol. The number of hydrogen-bond donors (Lipinski definition) is 1. The van der Waals surface area contributed by atoms with Gasteiger partial charge in [-0.05, 0) is 48.4 Å².